The van der Waals surface area contributed by atoms with Gasteiger partial charge in [-0.1, -0.05) is 146 Å². The number of aliphatic imine (C=N–C) groups is 1. The molecule has 73 heavy (non-hydrogen) atoms. The van der Waals surface area contributed by atoms with Crippen LogP contribution in [0.15, 0.2) is 254 Å². The Morgan fingerprint density at radius 1 is 0.658 bits per heavy atom. The largest absolute Gasteiger partial charge is 0.361 e. The quantitative estimate of drug-likeness (QED) is 0.100. The zero-order valence-corrected chi connectivity index (χ0v) is 42.2. The Morgan fingerprint density at radius 2 is 1.34 bits per heavy atom. The van der Waals surface area contributed by atoms with Crippen molar-refractivity contribution in [3.63, 3.8) is 0 Å². The van der Waals surface area contributed by atoms with Crippen molar-refractivity contribution in [1.82, 2.24) is 14.1 Å². The van der Waals surface area contributed by atoms with Gasteiger partial charge in [0.1, 0.15) is 5.82 Å². The Hall–Kier alpha value is -9.26. The molecule has 1 aliphatic heterocycles. The summed E-state index contributed by atoms with van der Waals surface area (Å²) in [5, 5.41) is 9.40. The van der Waals surface area contributed by atoms with Crippen molar-refractivity contribution in [3.05, 3.63) is 271 Å². The molecule has 0 amide bonds. The van der Waals surface area contributed by atoms with Crippen LogP contribution in [0.4, 0.5) is 11.4 Å². The Labute approximate surface area is 429 Å². The molecule has 10 rings (SSSR count). The first-order chi connectivity index (χ1) is 35.9. The fourth-order valence-corrected chi connectivity index (χ4v) is 9.74. The van der Waals surface area contributed by atoms with Crippen LogP contribution in [-0.4, -0.2) is 20.8 Å². The number of hydrogen-bond acceptors (Lipinski definition) is 4. The summed E-state index contributed by atoms with van der Waals surface area (Å²) in [6.07, 6.45) is 26.9. The maximum absolute atomic E-state index is 5.20. The van der Waals surface area contributed by atoms with E-state index in [1.54, 1.807) is 6.08 Å². The van der Waals surface area contributed by atoms with Crippen LogP contribution in [0.2, 0.25) is 0 Å². The van der Waals surface area contributed by atoms with E-state index in [0.717, 1.165) is 67.7 Å². The molecule has 0 unspecified atom stereocenters. The van der Waals surface area contributed by atoms with Crippen molar-refractivity contribution < 1.29 is 0 Å². The number of nitrogens with one attached hydrogen (secondary N) is 2. The molecular formula is C67H60N6. The highest BCUT2D eigenvalue weighted by atomic mass is 15.1. The minimum absolute atomic E-state index is 0.779. The lowest BCUT2D eigenvalue weighted by molar-refractivity contribution is 1.06. The van der Waals surface area contributed by atoms with Crippen molar-refractivity contribution >= 4 is 68.3 Å². The highest BCUT2D eigenvalue weighted by Gasteiger charge is 2.21. The highest BCUT2D eigenvalue weighted by molar-refractivity contribution is 6.14. The van der Waals surface area contributed by atoms with Crippen molar-refractivity contribution in [2.24, 2.45) is 4.99 Å². The molecule has 2 N–H and O–H groups in total. The van der Waals surface area contributed by atoms with Gasteiger partial charge < -0.3 is 15.2 Å². The predicted molar refractivity (Wildman–Crippen MR) is 316 cm³/mol. The number of nitrogens with zero attached hydrogens (tertiary/aromatic N) is 4. The van der Waals surface area contributed by atoms with E-state index < -0.39 is 0 Å². The summed E-state index contributed by atoms with van der Waals surface area (Å²) >= 11 is 0. The number of allylic oxidation sites excluding steroid dienone is 13. The van der Waals surface area contributed by atoms with E-state index in [1.165, 1.54) is 49.6 Å². The van der Waals surface area contributed by atoms with Crippen LogP contribution in [0.5, 0.6) is 0 Å². The lowest BCUT2D eigenvalue weighted by Gasteiger charge is -2.19. The predicted octanol–water partition coefficient (Wildman–Crippen LogP) is 17.9. The fraction of sp³-hybridized carbons (Fsp3) is 0.0746. The SMILES string of the molecule is C=C/C(Nc1ccccc1)=C(\C=C/C)N=C.C\C=C/C(=C\C=C\C)n1c2ccccc2c2c(C)c(-c3ccc4c(c3C)-c3ccccc3N/C=C/C=C(c3nc5ccccc5n3-c3ccccc3)\C=C/4)ccc21. The number of fused-ring (bicyclic) bond motifs is 7. The van der Waals surface area contributed by atoms with Gasteiger partial charge in [0.15, 0.2) is 0 Å². The van der Waals surface area contributed by atoms with Crippen LogP contribution in [0.3, 0.4) is 0 Å². The van der Waals surface area contributed by atoms with Gasteiger partial charge in [0.2, 0.25) is 0 Å². The first-order valence-electron chi connectivity index (χ1n) is 24.7. The van der Waals surface area contributed by atoms with Gasteiger partial charge in [-0.05, 0) is 166 Å². The number of rotatable bonds is 11. The van der Waals surface area contributed by atoms with E-state index in [2.05, 4.69) is 248 Å². The van der Waals surface area contributed by atoms with E-state index >= 15 is 0 Å². The lowest BCUT2D eigenvalue weighted by atomic mass is 9.86. The average molecular weight is 949 g/mol. The van der Waals surface area contributed by atoms with E-state index in [9.17, 15) is 0 Å². The third-order valence-electron chi connectivity index (χ3n) is 13.1. The molecule has 0 atom stereocenters. The molecule has 2 aromatic heterocycles. The van der Waals surface area contributed by atoms with Crippen molar-refractivity contribution in [3.8, 4) is 27.9 Å². The summed E-state index contributed by atoms with van der Waals surface area (Å²) in [5.41, 5.74) is 19.8. The number of aryl methyl sites for hydroxylation is 1. The summed E-state index contributed by atoms with van der Waals surface area (Å²) in [5.74, 6) is 0.885. The molecule has 0 saturated heterocycles. The minimum atomic E-state index is 0.779. The molecule has 6 heteroatoms. The number of anilines is 2. The van der Waals surface area contributed by atoms with Crippen LogP contribution in [0.1, 0.15) is 43.3 Å². The third kappa shape index (κ3) is 10.1. The molecule has 0 bridgehead atoms. The number of imidazole rings is 1. The highest BCUT2D eigenvalue weighted by Crippen LogP contribution is 2.43. The number of benzene rings is 7. The van der Waals surface area contributed by atoms with Crippen LogP contribution in [0.25, 0.3) is 78.1 Å². The first kappa shape index (κ1) is 48.8. The van der Waals surface area contributed by atoms with Crippen molar-refractivity contribution in [2.45, 2.75) is 34.6 Å². The maximum atomic E-state index is 5.20. The maximum Gasteiger partial charge on any atom is 0.145 e. The third-order valence-corrected chi connectivity index (χ3v) is 13.1. The molecular weight excluding hydrogens is 889 g/mol. The van der Waals surface area contributed by atoms with Gasteiger partial charge in [-0.2, -0.15) is 0 Å². The molecule has 1 aliphatic rings. The Balaban J connectivity index is 0.000000352. The number of para-hydroxylation sites is 6. The second kappa shape index (κ2) is 22.7. The van der Waals surface area contributed by atoms with Gasteiger partial charge in [-0.3, -0.25) is 9.56 Å². The fourth-order valence-electron chi connectivity index (χ4n) is 9.74. The van der Waals surface area contributed by atoms with Crippen molar-refractivity contribution in [2.75, 3.05) is 10.6 Å². The molecule has 0 fully saturated rings. The van der Waals surface area contributed by atoms with Gasteiger partial charge in [0.25, 0.3) is 0 Å². The van der Waals surface area contributed by atoms with Crippen LogP contribution >= 0.6 is 0 Å². The molecule has 0 aliphatic carbocycles. The summed E-state index contributed by atoms with van der Waals surface area (Å²) in [6, 6.07) is 55.3. The zero-order chi connectivity index (χ0) is 50.7. The zero-order valence-electron chi connectivity index (χ0n) is 42.2. The monoisotopic (exact) mass is 948 g/mol. The van der Waals surface area contributed by atoms with Crippen LogP contribution in [0, 0.1) is 13.8 Å². The van der Waals surface area contributed by atoms with E-state index in [-0.39, 0.29) is 0 Å². The first-order valence-corrected chi connectivity index (χ1v) is 24.7. The van der Waals surface area contributed by atoms with Crippen LogP contribution in [-0.2, 0) is 0 Å². The topological polar surface area (TPSA) is 59.2 Å². The molecule has 0 saturated carbocycles. The van der Waals surface area contributed by atoms with Gasteiger partial charge in [-0.25, -0.2) is 4.98 Å². The second-order valence-electron chi connectivity index (χ2n) is 17.6. The smallest absolute Gasteiger partial charge is 0.145 e. The number of hydrogen-bond donors (Lipinski definition) is 2. The molecule has 0 radical (unpaired) electrons. The summed E-state index contributed by atoms with van der Waals surface area (Å²) in [6.45, 7) is 17.9. The molecule has 358 valence electrons. The van der Waals surface area contributed by atoms with Gasteiger partial charge in [-0.15, -0.1) is 0 Å². The lowest BCUT2D eigenvalue weighted by Crippen LogP contribution is -2.00. The molecule has 0 spiro atoms. The Kier molecular flexibility index (Phi) is 15.1. The Morgan fingerprint density at radius 3 is 2.10 bits per heavy atom. The van der Waals surface area contributed by atoms with Gasteiger partial charge >= 0.3 is 0 Å². The van der Waals surface area contributed by atoms with E-state index in [4.69, 9.17) is 4.98 Å². The number of aromatic nitrogens is 3. The van der Waals surface area contributed by atoms with E-state index in [0.29, 0.717) is 0 Å². The molecule has 7 aromatic carbocycles. The second-order valence-corrected chi connectivity index (χ2v) is 17.6. The average Bonchev–Trinajstić information content (AvgIpc) is 3.98. The summed E-state index contributed by atoms with van der Waals surface area (Å²) in [4.78, 5) is 9.15. The minimum Gasteiger partial charge on any atom is -0.361 e. The Bertz CT molecular complexity index is 3750. The summed E-state index contributed by atoms with van der Waals surface area (Å²) < 4.78 is 4.64. The van der Waals surface area contributed by atoms with Crippen molar-refractivity contribution in [1.29, 1.82) is 0 Å². The van der Waals surface area contributed by atoms with Gasteiger partial charge in [0.05, 0.1) is 33.5 Å². The van der Waals surface area contributed by atoms with E-state index in [1.807, 2.05) is 55.6 Å². The standard InChI is InChI=1S/C53H44N4.C14H16N2/c1-5-7-20-40(18-6-2)56-48-27-15-12-24-45(48)52-37(4)43(33-34-50(52)56)42-32-31-38-29-30-39(19-17-35-54-46-25-13-11-23-44(46)51(38)36(42)3)53-55-47-26-14-16-28-49(47)57(53)41-21-9-8-10-22-41;1-4-9-14(15-3)13(5-2)16-12-10-7-6-8-11-12/h5-35,54H,1-4H3;4-11,16H,2-3H2,1H3/b7-5+,18-6-,30-29-,35-17+,39-19+,40-20+;9-4-,14-13-. The molecule has 6 nitrogen and oxygen atoms in total. The summed E-state index contributed by atoms with van der Waals surface area (Å²) in [7, 11) is 0. The normalized spacial score (nSPS) is 14.6. The van der Waals surface area contributed by atoms with Gasteiger partial charge in [0, 0.05) is 50.9 Å². The molecule has 9 aromatic rings. The van der Waals surface area contributed by atoms with Crippen LogP contribution < -0.4 is 10.6 Å². The molecule has 3 heterocycles.